The molecule has 2 rings (SSSR count). The van der Waals surface area contributed by atoms with Gasteiger partial charge in [-0.15, -0.1) is 0 Å². The number of H-pyrrole nitrogens is 1. The first kappa shape index (κ1) is 13.1. The first-order valence-corrected chi connectivity index (χ1v) is 5.94. The van der Waals surface area contributed by atoms with E-state index in [0.29, 0.717) is 12.4 Å². The van der Waals surface area contributed by atoms with E-state index in [-0.39, 0.29) is 18.1 Å². The Morgan fingerprint density at radius 1 is 1.47 bits per heavy atom. The second-order valence-corrected chi connectivity index (χ2v) is 4.43. The van der Waals surface area contributed by atoms with Crippen molar-refractivity contribution >= 4 is 5.91 Å². The van der Waals surface area contributed by atoms with E-state index in [1.165, 1.54) is 0 Å². The number of phenols is 1. The number of aromatic amines is 1. The molecule has 0 aliphatic rings. The highest BCUT2D eigenvalue weighted by molar-refractivity contribution is 5.78. The molecule has 1 aromatic heterocycles. The third-order valence-corrected chi connectivity index (χ3v) is 2.71. The molecule has 6 nitrogen and oxygen atoms in total. The Labute approximate surface area is 111 Å². The highest BCUT2D eigenvalue weighted by Gasteiger charge is 2.12. The lowest BCUT2D eigenvalue weighted by molar-refractivity contribution is -0.129. The maximum Gasteiger partial charge on any atom is 0.227 e. The normalized spacial score (nSPS) is 10.4. The molecule has 2 N–H and O–H groups in total. The zero-order valence-corrected chi connectivity index (χ0v) is 10.9. The summed E-state index contributed by atoms with van der Waals surface area (Å²) in [5.41, 5.74) is 0.781. The van der Waals surface area contributed by atoms with Gasteiger partial charge in [-0.2, -0.15) is 5.10 Å². The van der Waals surface area contributed by atoms with Crippen molar-refractivity contribution in [3.05, 3.63) is 41.5 Å². The van der Waals surface area contributed by atoms with E-state index in [2.05, 4.69) is 15.2 Å². The molecule has 100 valence electrons. The van der Waals surface area contributed by atoms with Gasteiger partial charge < -0.3 is 10.0 Å². The topological polar surface area (TPSA) is 82.1 Å². The highest BCUT2D eigenvalue weighted by atomic mass is 16.3. The summed E-state index contributed by atoms with van der Waals surface area (Å²) in [6.45, 7) is 2.17. The van der Waals surface area contributed by atoms with Crippen LogP contribution in [0.1, 0.15) is 17.2 Å². The van der Waals surface area contributed by atoms with Crippen molar-refractivity contribution in [2.45, 2.75) is 19.9 Å². The van der Waals surface area contributed by atoms with Gasteiger partial charge in [0.05, 0.1) is 13.0 Å². The Bertz CT molecular complexity index is 580. The molecule has 0 aliphatic carbocycles. The van der Waals surface area contributed by atoms with E-state index in [4.69, 9.17) is 0 Å². The number of benzene rings is 1. The Kier molecular flexibility index (Phi) is 3.79. The van der Waals surface area contributed by atoms with Crippen LogP contribution in [0.3, 0.4) is 0 Å². The highest BCUT2D eigenvalue weighted by Crippen LogP contribution is 2.12. The molecule has 0 aliphatic heterocycles. The molecule has 0 spiro atoms. The van der Waals surface area contributed by atoms with Gasteiger partial charge in [0.1, 0.15) is 11.6 Å². The number of carbonyl (C=O) groups excluding carboxylic acids is 1. The standard InChI is InChI=1S/C13H16N4O2/c1-9-14-12(16-15-9)8-17(2)13(19)7-10-4-3-5-11(18)6-10/h3-6,18H,7-8H2,1-2H3,(H,14,15,16). The molecule has 0 bridgehead atoms. The third-order valence-electron chi connectivity index (χ3n) is 2.71. The number of amides is 1. The minimum absolute atomic E-state index is 0.0481. The minimum Gasteiger partial charge on any atom is -0.508 e. The molecule has 19 heavy (non-hydrogen) atoms. The first-order chi connectivity index (χ1) is 9.04. The van der Waals surface area contributed by atoms with Crippen LogP contribution in [0.25, 0.3) is 0 Å². The van der Waals surface area contributed by atoms with Crippen LogP contribution in [0.2, 0.25) is 0 Å². The van der Waals surface area contributed by atoms with Crippen molar-refractivity contribution < 1.29 is 9.90 Å². The SMILES string of the molecule is Cc1nc(CN(C)C(=O)Cc2cccc(O)c2)n[nH]1. The summed E-state index contributed by atoms with van der Waals surface area (Å²) in [6.07, 6.45) is 0.244. The average Bonchev–Trinajstić information content (AvgIpc) is 2.74. The second-order valence-electron chi connectivity index (χ2n) is 4.43. The van der Waals surface area contributed by atoms with Crippen molar-refractivity contribution in [1.82, 2.24) is 20.1 Å². The van der Waals surface area contributed by atoms with Crippen LogP contribution in [0.5, 0.6) is 5.75 Å². The average molecular weight is 260 g/mol. The van der Waals surface area contributed by atoms with Crippen LogP contribution in [-0.4, -0.2) is 38.1 Å². The fourth-order valence-corrected chi connectivity index (χ4v) is 1.74. The number of rotatable bonds is 4. The van der Waals surface area contributed by atoms with Gasteiger partial charge >= 0.3 is 0 Å². The number of hydrogen-bond acceptors (Lipinski definition) is 4. The summed E-state index contributed by atoms with van der Waals surface area (Å²) in [5, 5.41) is 16.1. The number of nitrogens with one attached hydrogen (secondary N) is 1. The summed E-state index contributed by atoms with van der Waals surface area (Å²) in [4.78, 5) is 17.7. The zero-order valence-electron chi connectivity index (χ0n) is 10.9. The predicted molar refractivity (Wildman–Crippen MR) is 69.4 cm³/mol. The third kappa shape index (κ3) is 3.54. The van der Waals surface area contributed by atoms with Gasteiger partial charge in [-0.05, 0) is 24.6 Å². The van der Waals surface area contributed by atoms with Crippen molar-refractivity contribution in [1.29, 1.82) is 0 Å². The van der Waals surface area contributed by atoms with E-state index in [1.54, 1.807) is 30.1 Å². The molecule has 6 heteroatoms. The number of phenolic OH excluding ortho intramolecular Hbond substituents is 1. The Morgan fingerprint density at radius 2 is 2.26 bits per heavy atom. The summed E-state index contributed by atoms with van der Waals surface area (Å²) in [6, 6.07) is 6.69. The quantitative estimate of drug-likeness (QED) is 0.859. The lowest BCUT2D eigenvalue weighted by atomic mass is 10.1. The Morgan fingerprint density at radius 3 is 2.89 bits per heavy atom. The number of carbonyl (C=O) groups is 1. The lowest BCUT2D eigenvalue weighted by Crippen LogP contribution is -2.28. The van der Waals surface area contributed by atoms with Gasteiger partial charge in [-0.1, -0.05) is 12.1 Å². The van der Waals surface area contributed by atoms with E-state index < -0.39 is 0 Å². The van der Waals surface area contributed by atoms with Gasteiger partial charge in [-0.25, -0.2) is 4.98 Å². The molecule has 0 unspecified atom stereocenters. The monoisotopic (exact) mass is 260 g/mol. The van der Waals surface area contributed by atoms with E-state index >= 15 is 0 Å². The summed E-state index contributed by atoms with van der Waals surface area (Å²) in [5.74, 6) is 1.43. The number of aromatic nitrogens is 3. The van der Waals surface area contributed by atoms with E-state index in [0.717, 1.165) is 11.4 Å². The van der Waals surface area contributed by atoms with Crippen molar-refractivity contribution in [2.75, 3.05) is 7.05 Å². The molecule has 2 aromatic rings. The Hall–Kier alpha value is -2.37. The molecule has 1 amide bonds. The van der Waals surface area contributed by atoms with E-state index in [1.807, 2.05) is 13.0 Å². The number of aryl methyl sites for hydroxylation is 1. The van der Waals surface area contributed by atoms with E-state index in [9.17, 15) is 9.90 Å². The molecular weight excluding hydrogens is 244 g/mol. The molecule has 1 aromatic carbocycles. The van der Waals surface area contributed by atoms with Crippen molar-refractivity contribution in [3.63, 3.8) is 0 Å². The number of nitrogens with zero attached hydrogens (tertiary/aromatic N) is 3. The van der Waals surface area contributed by atoms with Gasteiger partial charge in [0, 0.05) is 7.05 Å². The maximum atomic E-state index is 12.0. The van der Waals surface area contributed by atoms with Crippen LogP contribution in [0, 0.1) is 6.92 Å². The molecule has 0 atom stereocenters. The van der Waals surface area contributed by atoms with Crippen LogP contribution in [0.15, 0.2) is 24.3 Å². The molecule has 0 fully saturated rings. The van der Waals surface area contributed by atoms with Gasteiger partial charge in [0.15, 0.2) is 5.82 Å². The van der Waals surface area contributed by atoms with Crippen LogP contribution in [-0.2, 0) is 17.8 Å². The largest absolute Gasteiger partial charge is 0.508 e. The summed E-state index contributed by atoms with van der Waals surface area (Å²) < 4.78 is 0. The number of aromatic hydroxyl groups is 1. The fourth-order valence-electron chi connectivity index (χ4n) is 1.74. The van der Waals surface area contributed by atoms with Crippen LogP contribution >= 0.6 is 0 Å². The minimum atomic E-state index is -0.0481. The van der Waals surface area contributed by atoms with Crippen molar-refractivity contribution in [3.8, 4) is 5.75 Å². The predicted octanol–water partition coefficient (Wildman–Crippen LogP) is 1.02. The summed E-state index contributed by atoms with van der Waals surface area (Å²) in [7, 11) is 1.71. The van der Waals surface area contributed by atoms with Crippen molar-refractivity contribution in [2.24, 2.45) is 0 Å². The molecule has 1 heterocycles. The number of hydrogen-bond donors (Lipinski definition) is 2. The number of likely N-dealkylation sites (N-methyl/N-ethyl adjacent to an activating group) is 1. The second kappa shape index (κ2) is 5.51. The van der Waals surface area contributed by atoms with Gasteiger partial charge in [0.2, 0.25) is 5.91 Å². The first-order valence-electron chi connectivity index (χ1n) is 5.94. The van der Waals surface area contributed by atoms with Gasteiger partial charge in [-0.3, -0.25) is 9.89 Å². The van der Waals surface area contributed by atoms with Crippen LogP contribution in [0.4, 0.5) is 0 Å². The maximum absolute atomic E-state index is 12.0. The molecule has 0 saturated heterocycles. The fraction of sp³-hybridized carbons (Fsp3) is 0.308. The zero-order chi connectivity index (χ0) is 13.8. The van der Waals surface area contributed by atoms with Gasteiger partial charge in [0.25, 0.3) is 0 Å². The molecule has 0 saturated carbocycles. The smallest absolute Gasteiger partial charge is 0.227 e. The molecule has 0 radical (unpaired) electrons. The Balaban J connectivity index is 1.96. The van der Waals surface area contributed by atoms with Crippen LogP contribution < -0.4 is 0 Å². The summed E-state index contributed by atoms with van der Waals surface area (Å²) >= 11 is 0. The molecular formula is C13H16N4O2. The lowest BCUT2D eigenvalue weighted by Gasteiger charge is -2.15.